The van der Waals surface area contributed by atoms with Gasteiger partial charge in [0, 0.05) is 11.4 Å². The lowest BCUT2D eigenvalue weighted by molar-refractivity contribution is 0.315. The Morgan fingerprint density at radius 1 is 1.37 bits per heavy atom. The van der Waals surface area contributed by atoms with Gasteiger partial charge >= 0.3 is 0 Å². The Morgan fingerprint density at radius 3 is 2.95 bits per heavy atom. The van der Waals surface area contributed by atoms with E-state index in [9.17, 15) is 0 Å². The van der Waals surface area contributed by atoms with E-state index >= 15 is 0 Å². The molecule has 1 N–H and O–H groups in total. The van der Waals surface area contributed by atoms with Crippen LogP contribution in [-0.4, -0.2) is 12.6 Å². The largest absolute Gasteiger partial charge is 0.490 e. The van der Waals surface area contributed by atoms with E-state index in [2.05, 4.69) is 25.2 Å². The molecule has 0 spiro atoms. The van der Waals surface area contributed by atoms with Crippen LogP contribution in [0.1, 0.15) is 37.5 Å². The van der Waals surface area contributed by atoms with Crippen LogP contribution in [0, 0.1) is 6.92 Å². The highest BCUT2D eigenvalue weighted by Gasteiger charge is 2.22. The lowest BCUT2D eigenvalue weighted by Gasteiger charge is -2.04. The Labute approximate surface area is 113 Å². The first kappa shape index (κ1) is 12.5. The van der Waals surface area contributed by atoms with Crippen LogP contribution in [0.25, 0.3) is 11.0 Å². The van der Waals surface area contributed by atoms with Crippen LogP contribution in [0.3, 0.4) is 0 Å². The molecule has 0 unspecified atom stereocenters. The molecule has 1 aliphatic carbocycles. The molecular weight excluding hydrogens is 238 g/mol. The summed E-state index contributed by atoms with van der Waals surface area (Å²) < 4.78 is 11.8. The average Bonchev–Trinajstić information content (AvgIpc) is 3.20. The fraction of sp³-hybridized carbons (Fsp3) is 0.500. The summed E-state index contributed by atoms with van der Waals surface area (Å²) >= 11 is 0. The Morgan fingerprint density at radius 2 is 2.21 bits per heavy atom. The van der Waals surface area contributed by atoms with E-state index < -0.39 is 0 Å². The number of para-hydroxylation sites is 1. The number of benzene rings is 1. The minimum absolute atomic E-state index is 0.698. The van der Waals surface area contributed by atoms with Gasteiger partial charge < -0.3 is 14.5 Å². The number of furan rings is 1. The maximum Gasteiger partial charge on any atom is 0.176 e. The molecule has 19 heavy (non-hydrogen) atoms. The highest BCUT2D eigenvalue weighted by atomic mass is 16.5. The quantitative estimate of drug-likeness (QED) is 0.857. The van der Waals surface area contributed by atoms with Crippen molar-refractivity contribution in [2.75, 3.05) is 6.61 Å². The van der Waals surface area contributed by atoms with E-state index in [1.807, 2.05) is 12.1 Å². The molecule has 1 saturated carbocycles. The summed E-state index contributed by atoms with van der Waals surface area (Å²) in [6.45, 7) is 5.78. The second kappa shape index (κ2) is 5.25. The van der Waals surface area contributed by atoms with Gasteiger partial charge in [-0.25, -0.2) is 0 Å². The van der Waals surface area contributed by atoms with Gasteiger partial charge in [-0.2, -0.15) is 0 Å². The molecule has 3 heteroatoms. The molecule has 0 bridgehead atoms. The fourth-order valence-corrected chi connectivity index (χ4v) is 2.29. The zero-order chi connectivity index (χ0) is 13.2. The molecule has 0 radical (unpaired) electrons. The van der Waals surface area contributed by atoms with Gasteiger partial charge in [-0.15, -0.1) is 0 Å². The molecular formula is C16H21NO2. The van der Waals surface area contributed by atoms with Crippen molar-refractivity contribution in [3.05, 3.63) is 29.5 Å². The predicted octanol–water partition coefficient (Wildman–Crippen LogP) is 3.78. The second-order valence-corrected chi connectivity index (χ2v) is 5.29. The standard InChI is InChI=1S/C16H21NO2/c1-3-9-18-14-6-4-5-13-11(2)15(19-16(13)14)10-17-12-7-8-12/h4-6,12,17H,3,7-10H2,1-2H3. The van der Waals surface area contributed by atoms with Gasteiger partial charge in [0.15, 0.2) is 11.3 Å². The summed E-state index contributed by atoms with van der Waals surface area (Å²) in [5.74, 6) is 1.90. The molecule has 0 aliphatic heterocycles. The van der Waals surface area contributed by atoms with Crippen LogP contribution in [0.2, 0.25) is 0 Å². The first-order valence-electron chi connectivity index (χ1n) is 7.16. The SMILES string of the molecule is CCCOc1cccc2c(C)c(CNC3CC3)oc12. The zero-order valence-corrected chi connectivity index (χ0v) is 11.7. The molecule has 1 fully saturated rings. The number of hydrogen-bond donors (Lipinski definition) is 1. The number of rotatable bonds is 6. The van der Waals surface area contributed by atoms with E-state index in [1.165, 1.54) is 23.8 Å². The third-order valence-electron chi connectivity index (χ3n) is 3.62. The number of ether oxygens (including phenoxy) is 1. The van der Waals surface area contributed by atoms with E-state index in [0.717, 1.165) is 36.7 Å². The lowest BCUT2D eigenvalue weighted by Crippen LogP contribution is -2.15. The third-order valence-corrected chi connectivity index (χ3v) is 3.62. The maximum atomic E-state index is 6.02. The molecule has 0 amide bonds. The molecule has 3 rings (SSSR count). The van der Waals surface area contributed by atoms with Gasteiger partial charge in [-0.05, 0) is 37.8 Å². The molecule has 102 valence electrons. The number of nitrogens with one attached hydrogen (secondary N) is 1. The zero-order valence-electron chi connectivity index (χ0n) is 11.7. The summed E-state index contributed by atoms with van der Waals surface area (Å²) in [4.78, 5) is 0. The molecule has 1 aromatic heterocycles. The molecule has 1 aromatic carbocycles. The number of aryl methyl sites for hydroxylation is 1. The molecule has 1 heterocycles. The van der Waals surface area contributed by atoms with Gasteiger partial charge in [-0.1, -0.05) is 19.1 Å². The summed E-state index contributed by atoms with van der Waals surface area (Å²) in [5, 5.41) is 4.67. The van der Waals surface area contributed by atoms with Gasteiger partial charge in [0.2, 0.25) is 0 Å². The van der Waals surface area contributed by atoms with E-state index in [0.29, 0.717) is 6.04 Å². The van der Waals surface area contributed by atoms with Crippen LogP contribution in [0.4, 0.5) is 0 Å². The molecule has 1 aliphatic rings. The average molecular weight is 259 g/mol. The molecule has 2 aromatic rings. The van der Waals surface area contributed by atoms with E-state index in [4.69, 9.17) is 9.15 Å². The van der Waals surface area contributed by atoms with Crippen molar-refractivity contribution < 1.29 is 9.15 Å². The minimum Gasteiger partial charge on any atom is -0.490 e. The van der Waals surface area contributed by atoms with Crippen molar-refractivity contribution in [2.24, 2.45) is 0 Å². The minimum atomic E-state index is 0.698. The summed E-state index contributed by atoms with van der Waals surface area (Å²) in [5.41, 5.74) is 2.12. The second-order valence-electron chi connectivity index (χ2n) is 5.29. The van der Waals surface area contributed by atoms with E-state index in [-0.39, 0.29) is 0 Å². The molecule has 0 atom stereocenters. The van der Waals surface area contributed by atoms with Crippen LogP contribution in [0.5, 0.6) is 5.75 Å². The van der Waals surface area contributed by atoms with Crippen LogP contribution >= 0.6 is 0 Å². The van der Waals surface area contributed by atoms with Gasteiger partial charge in [0.05, 0.1) is 13.2 Å². The van der Waals surface area contributed by atoms with Gasteiger partial charge in [0.1, 0.15) is 5.76 Å². The predicted molar refractivity (Wildman–Crippen MR) is 76.6 cm³/mol. The van der Waals surface area contributed by atoms with Crippen molar-refractivity contribution >= 4 is 11.0 Å². The number of fused-ring (bicyclic) bond motifs is 1. The van der Waals surface area contributed by atoms with Gasteiger partial charge in [-0.3, -0.25) is 0 Å². The van der Waals surface area contributed by atoms with Crippen LogP contribution in [0.15, 0.2) is 22.6 Å². The Hall–Kier alpha value is -1.48. The maximum absolute atomic E-state index is 6.02. The van der Waals surface area contributed by atoms with Crippen molar-refractivity contribution in [2.45, 2.75) is 45.7 Å². The monoisotopic (exact) mass is 259 g/mol. The Balaban J connectivity index is 1.88. The van der Waals surface area contributed by atoms with Crippen LogP contribution < -0.4 is 10.1 Å². The summed E-state index contributed by atoms with van der Waals surface area (Å²) in [6.07, 6.45) is 3.60. The van der Waals surface area contributed by atoms with E-state index in [1.54, 1.807) is 0 Å². The third kappa shape index (κ3) is 2.61. The summed E-state index contributed by atoms with van der Waals surface area (Å²) in [7, 11) is 0. The topological polar surface area (TPSA) is 34.4 Å². The smallest absolute Gasteiger partial charge is 0.176 e. The van der Waals surface area contributed by atoms with Crippen molar-refractivity contribution in [1.29, 1.82) is 0 Å². The Bertz CT molecular complexity index is 569. The summed E-state index contributed by atoms with van der Waals surface area (Å²) in [6, 6.07) is 6.82. The number of hydrogen-bond acceptors (Lipinski definition) is 3. The Kier molecular flexibility index (Phi) is 3.47. The molecule has 3 nitrogen and oxygen atoms in total. The normalized spacial score (nSPS) is 15.1. The van der Waals surface area contributed by atoms with Crippen LogP contribution in [-0.2, 0) is 6.54 Å². The lowest BCUT2D eigenvalue weighted by atomic mass is 10.1. The first-order chi connectivity index (χ1) is 9.29. The van der Waals surface area contributed by atoms with Crippen molar-refractivity contribution in [3.63, 3.8) is 0 Å². The molecule has 0 saturated heterocycles. The fourth-order valence-electron chi connectivity index (χ4n) is 2.29. The van der Waals surface area contributed by atoms with Crippen molar-refractivity contribution in [1.82, 2.24) is 5.32 Å². The highest BCUT2D eigenvalue weighted by molar-refractivity contribution is 5.87. The van der Waals surface area contributed by atoms with Gasteiger partial charge in [0.25, 0.3) is 0 Å². The first-order valence-corrected chi connectivity index (χ1v) is 7.16. The highest BCUT2D eigenvalue weighted by Crippen LogP contribution is 2.33. The van der Waals surface area contributed by atoms with Crippen molar-refractivity contribution in [3.8, 4) is 5.75 Å².